The SMILES string of the molecule is CCCc1nn(Cc2ccc(C(N)=O)cc2)c2c(=O)[nH]c(-c3cc(S(=O)(=O)N4CCN(C)CC4)ccc3OCC)nc12. The molecule has 0 saturated carbocycles. The molecule has 1 saturated heterocycles. The topological polar surface area (TPSA) is 157 Å². The summed E-state index contributed by atoms with van der Waals surface area (Å²) in [7, 11) is -1.81. The number of primary amides is 1. The van der Waals surface area contributed by atoms with Crippen molar-refractivity contribution in [2.45, 2.75) is 38.1 Å². The van der Waals surface area contributed by atoms with Gasteiger partial charge < -0.3 is 20.4 Å². The van der Waals surface area contributed by atoms with Crippen LogP contribution in [0.15, 0.2) is 52.2 Å². The van der Waals surface area contributed by atoms with E-state index in [4.69, 9.17) is 20.6 Å². The molecule has 5 rings (SSSR count). The lowest BCUT2D eigenvalue weighted by Crippen LogP contribution is -2.47. The van der Waals surface area contributed by atoms with Crippen molar-refractivity contribution in [3.63, 3.8) is 0 Å². The van der Waals surface area contributed by atoms with E-state index >= 15 is 0 Å². The highest BCUT2D eigenvalue weighted by Crippen LogP contribution is 2.32. The Hall–Kier alpha value is -4.07. The van der Waals surface area contributed by atoms with E-state index in [1.807, 2.05) is 20.9 Å². The van der Waals surface area contributed by atoms with Crippen molar-refractivity contribution in [1.29, 1.82) is 0 Å². The molecule has 1 aliphatic heterocycles. The van der Waals surface area contributed by atoms with Crippen LogP contribution >= 0.6 is 0 Å². The van der Waals surface area contributed by atoms with Crippen molar-refractivity contribution in [3.8, 4) is 17.1 Å². The van der Waals surface area contributed by atoms with Crippen LogP contribution < -0.4 is 16.0 Å². The Morgan fingerprint density at radius 3 is 2.43 bits per heavy atom. The lowest BCUT2D eigenvalue weighted by atomic mass is 10.1. The van der Waals surface area contributed by atoms with Gasteiger partial charge in [0.05, 0.1) is 29.3 Å². The summed E-state index contributed by atoms with van der Waals surface area (Å²) in [5, 5.41) is 4.72. The number of carbonyl (C=O) groups is 1. The zero-order chi connectivity index (χ0) is 30.0. The van der Waals surface area contributed by atoms with Crippen molar-refractivity contribution in [1.82, 2.24) is 29.0 Å². The Bertz CT molecular complexity index is 1770. The Labute approximate surface area is 244 Å². The Balaban J connectivity index is 1.59. The van der Waals surface area contributed by atoms with Crippen molar-refractivity contribution in [2.75, 3.05) is 39.8 Å². The molecule has 1 amide bonds. The number of benzene rings is 2. The van der Waals surface area contributed by atoms with E-state index in [0.29, 0.717) is 72.8 Å². The van der Waals surface area contributed by atoms with Crippen LogP contribution in [0.3, 0.4) is 0 Å². The number of H-pyrrole nitrogens is 1. The lowest BCUT2D eigenvalue weighted by molar-refractivity contribution is 0.1000. The highest BCUT2D eigenvalue weighted by atomic mass is 32.2. The first kappa shape index (κ1) is 29.4. The maximum atomic E-state index is 13.6. The number of nitrogens with two attached hydrogens (primary N) is 1. The number of ether oxygens (including phenoxy) is 1. The molecule has 2 aromatic heterocycles. The molecule has 0 radical (unpaired) electrons. The van der Waals surface area contributed by atoms with Gasteiger partial charge in [-0.1, -0.05) is 25.5 Å². The first-order chi connectivity index (χ1) is 20.1. The van der Waals surface area contributed by atoms with E-state index in [1.54, 1.807) is 35.0 Å². The fourth-order valence-corrected chi connectivity index (χ4v) is 6.51. The van der Waals surface area contributed by atoms with Crippen LogP contribution in [-0.2, 0) is 23.0 Å². The summed E-state index contributed by atoms with van der Waals surface area (Å²) in [5.74, 6) is 0.0988. The zero-order valence-electron chi connectivity index (χ0n) is 24.0. The van der Waals surface area contributed by atoms with E-state index in [0.717, 1.165) is 12.0 Å². The average molecular weight is 594 g/mol. The minimum absolute atomic E-state index is 0.108. The summed E-state index contributed by atoms with van der Waals surface area (Å²) < 4.78 is 36.0. The fourth-order valence-electron chi connectivity index (χ4n) is 5.06. The minimum atomic E-state index is -3.77. The number of hydrogen-bond donors (Lipinski definition) is 2. The van der Waals surface area contributed by atoms with Crippen molar-refractivity contribution >= 4 is 27.0 Å². The number of sulfonamides is 1. The molecule has 0 bridgehead atoms. The van der Waals surface area contributed by atoms with E-state index < -0.39 is 21.5 Å². The van der Waals surface area contributed by atoms with Gasteiger partial charge in [-0.3, -0.25) is 14.3 Å². The molecule has 0 unspecified atom stereocenters. The summed E-state index contributed by atoms with van der Waals surface area (Å²) >= 11 is 0. The second-order valence-electron chi connectivity index (χ2n) is 10.3. The lowest BCUT2D eigenvalue weighted by Gasteiger charge is -2.31. The molecule has 0 atom stereocenters. The number of carbonyl (C=O) groups excluding carboxylic acids is 1. The predicted molar refractivity (Wildman–Crippen MR) is 159 cm³/mol. The summed E-state index contributed by atoms with van der Waals surface area (Å²) in [5.41, 5.74) is 7.96. The highest BCUT2D eigenvalue weighted by Gasteiger charge is 2.29. The number of aryl methyl sites for hydroxylation is 1. The number of rotatable bonds is 10. The third-order valence-corrected chi connectivity index (χ3v) is 9.23. The molecule has 42 heavy (non-hydrogen) atoms. The molecular formula is C29H35N7O5S. The molecule has 3 N–H and O–H groups in total. The molecule has 4 aromatic rings. The van der Waals surface area contributed by atoms with Gasteiger partial charge >= 0.3 is 0 Å². The van der Waals surface area contributed by atoms with Crippen LogP contribution in [0.25, 0.3) is 22.4 Å². The second kappa shape index (κ2) is 12.0. The second-order valence-corrected chi connectivity index (χ2v) is 12.3. The number of amides is 1. The highest BCUT2D eigenvalue weighted by molar-refractivity contribution is 7.89. The summed E-state index contributed by atoms with van der Waals surface area (Å²) in [4.78, 5) is 34.9. The van der Waals surface area contributed by atoms with E-state index in [9.17, 15) is 18.0 Å². The molecule has 1 aliphatic rings. The summed E-state index contributed by atoms with van der Waals surface area (Å²) in [6, 6.07) is 11.5. The quantitative estimate of drug-likeness (QED) is 0.284. The van der Waals surface area contributed by atoms with Crippen LogP contribution in [0.4, 0.5) is 0 Å². The summed E-state index contributed by atoms with van der Waals surface area (Å²) in [6.07, 6.45) is 1.38. The van der Waals surface area contributed by atoms with E-state index in [2.05, 4.69) is 9.88 Å². The van der Waals surface area contributed by atoms with Gasteiger partial charge in [0.25, 0.3) is 5.56 Å². The standard InChI is InChI=1S/C29H35N7O5S/c1-4-6-23-25-26(36(33-23)18-19-7-9-20(10-8-19)27(30)37)29(38)32-28(31-25)22-17-21(11-12-24(22)41-5-2)42(39,40)35-15-13-34(3)14-16-35/h7-12,17H,4-6,13-16,18H2,1-3H3,(H2,30,37)(H,31,32,38). The largest absolute Gasteiger partial charge is 0.493 e. The molecule has 222 valence electrons. The Kier molecular flexibility index (Phi) is 8.43. The summed E-state index contributed by atoms with van der Waals surface area (Å²) in [6.45, 7) is 6.56. The predicted octanol–water partition coefficient (Wildman–Crippen LogP) is 2.22. The molecular weight excluding hydrogens is 558 g/mol. The maximum Gasteiger partial charge on any atom is 0.277 e. The monoisotopic (exact) mass is 593 g/mol. The molecule has 0 spiro atoms. The average Bonchev–Trinajstić information content (AvgIpc) is 3.31. The van der Waals surface area contributed by atoms with Gasteiger partial charge in [0.15, 0.2) is 5.52 Å². The molecule has 0 aliphatic carbocycles. The van der Waals surface area contributed by atoms with Crippen LogP contribution in [0.1, 0.15) is 41.9 Å². The number of aromatic amines is 1. The van der Waals surface area contributed by atoms with Gasteiger partial charge in [-0.05, 0) is 56.3 Å². The van der Waals surface area contributed by atoms with Gasteiger partial charge in [0.2, 0.25) is 15.9 Å². The van der Waals surface area contributed by atoms with Crippen molar-refractivity contribution in [3.05, 3.63) is 69.6 Å². The Morgan fingerprint density at radius 2 is 1.79 bits per heavy atom. The van der Waals surface area contributed by atoms with Crippen LogP contribution in [0.5, 0.6) is 5.75 Å². The smallest absolute Gasteiger partial charge is 0.277 e. The number of fused-ring (bicyclic) bond motifs is 1. The van der Waals surface area contributed by atoms with Crippen molar-refractivity contribution in [2.24, 2.45) is 5.73 Å². The number of aromatic nitrogens is 4. The van der Waals surface area contributed by atoms with Crippen LogP contribution in [0.2, 0.25) is 0 Å². The van der Waals surface area contributed by atoms with Gasteiger partial charge in [-0.2, -0.15) is 9.40 Å². The minimum Gasteiger partial charge on any atom is -0.493 e. The van der Waals surface area contributed by atoms with Gasteiger partial charge in [-0.15, -0.1) is 0 Å². The van der Waals surface area contributed by atoms with Gasteiger partial charge in [0, 0.05) is 31.7 Å². The van der Waals surface area contributed by atoms with Gasteiger partial charge in [-0.25, -0.2) is 13.4 Å². The molecule has 1 fully saturated rings. The number of nitrogens with zero attached hydrogens (tertiary/aromatic N) is 5. The molecule has 13 heteroatoms. The van der Waals surface area contributed by atoms with Crippen molar-refractivity contribution < 1.29 is 17.9 Å². The fraction of sp³-hybridized carbons (Fsp3) is 0.379. The van der Waals surface area contributed by atoms with Crippen LogP contribution in [-0.4, -0.2) is 83.1 Å². The number of likely N-dealkylation sites (N-methyl/N-ethyl adjacent to an activating group) is 1. The number of nitrogens with one attached hydrogen (secondary N) is 1. The first-order valence-electron chi connectivity index (χ1n) is 14.0. The third kappa shape index (κ3) is 5.80. The molecule has 2 aromatic carbocycles. The van der Waals surface area contributed by atoms with Gasteiger partial charge in [0.1, 0.15) is 17.1 Å². The van der Waals surface area contributed by atoms with Crippen LogP contribution in [0, 0.1) is 0 Å². The maximum absolute atomic E-state index is 13.6. The third-order valence-electron chi connectivity index (χ3n) is 7.33. The molecule has 3 heterocycles. The first-order valence-corrected chi connectivity index (χ1v) is 15.4. The Morgan fingerprint density at radius 1 is 1.07 bits per heavy atom. The number of hydrogen-bond acceptors (Lipinski definition) is 8. The van der Waals surface area contributed by atoms with E-state index in [-0.39, 0.29) is 17.3 Å². The normalized spacial score (nSPS) is 14.8. The van der Waals surface area contributed by atoms with E-state index in [1.165, 1.54) is 16.4 Å². The zero-order valence-corrected chi connectivity index (χ0v) is 24.8. The number of piperazine rings is 1. The molecule has 12 nitrogen and oxygen atoms in total.